The van der Waals surface area contributed by atoms with Crippen LogP contribution in [0.4, 0.5) is 11.4 Å². The Morgan fingerprint density at radius 2 is 1.87 bits per heavy atom. The summed E-state index contributed by atoms with van der Waals surface area (Å²) in [6.07, 6.45) is 1.20. The van der Waals surface area contributed by atoms with E-state index in [2.05, 4.69) is 5.32 Å². The van der Waals surface area contributed by atoms with Crippen LogP contribution >= 0.6 is 0 Å². The third-order valence-electron chi connectivity index (χ3n) is 4.37. The van der Waals surface area contributed by atoms with Crippen LogP contribution < -0.4 is 25.4 Å². The molecule has 0 saturated heterocycles. The van der Waals surface area contributed by atoms with Crippen molar-refractivity contribution < 1.29 is 19.1 Å². The van der Waals surface area contributed by atoms with Crippen molar-refractivity contribution in [3.63, 3.8) is 0 Å². The average Bonchev–Trinajstić information content (AvgIpc) is 2.73. The second kappa shape index (κ2) is 9.98. The topological polar surface area (TPSA) is 118 Å². The maximum atomic E-state index is 12.7. The van der Waals surface area contributed by atoms with Crippen LogP contribution in [0.2, 0.25) is 0 Å². The van der Waals surface area contributed by atoms with Crippen molar-refractivity contribution in [1.82, 2.24) is 5.32 Å². The van der Waals surface area contributed by atoms with E-state index in [4.69, 9.17) is 15.2 Å². The molecule has 30 heavy (non-hydrogen) atoms. The smallest absolute Gasteiger partial charge is 0.263 e. The lowest BCUT2D eigenvalue weighted by Gasteiger charge is -2.19. The van der Waals surface area contributed by atoms with Crippen LogP contribution in [0.25, 0.3) is 0 Å². The summed E-state index contributed by atoms with van der Waals surface area (Å²) in [5.74, 6) is 0.109. The highest BCUT2D eigenvalue weighted by atomic mass is 16.5. The number of carbonyl (C=O) groups excluding carboxylic acids is 2. The van der Waals surface area contributed by atoms with E-state index in [1.54, 1.807) is 49.4 Å². The zero-order chi connectivity index (χ0) is 22.3. The van der Waals surface area contributed by atoms with E-state index < -0.39 is 11.9 Å². The highest BCUT2D eigenvalue weighted by Crippen LogP contribution is 2.30. The van der Waals surface area contributed by atoms with Crippen LogP contribution in [0.3, 0.4) is 0 Å². The molecule has 1 atom stereocenters. The number of nitrogens with zero attached hydrogens (tertiary/aromatic N) is 2. The van der Waals surface area contributed by atoms with Gasteiger partial charge in [-0.25, -0.2) is 0 Å². The van der Waals surface area contributed by atoms with E-state index >= 15 is 0 Å². The lowest BCUT2D eigenvalue weighted by atomic mass is 10.1. The molecule has 1 unspecified atom stereocenters. The molecule has 0 aliphatic carbocycles. The molecule has 3 N–H and O–H groups in total. The number of nitrogen functional groups attached to an aromatic ring is 1. The molecule has 8 heteroatoms. The molecular formula is C22H24N4O4. The number of ether oxygens (including phenoxy) is 2. The van der Waals surface area contributed by atoms with Gasteiger partial charge >= 0.3 is 0 Å². The fourth-order valence-corrected chi connectivity index (χ4v) is 2.77. The predicted molar refractivity (Wildman–Crippen MR) is 114 cm³/mol. The van der Waals surface area contributed by atoms with Gasteiger partial charge in [-0.3, -0.25) is 14.5 Å². The van der Waals surface area contributed by atoms with Gasteiger partial charge in [0.05, 0.1) is 25.9 Å². The summed E-state index contributed by atoms with van der Waals surface area (Å²) in [6.45, 7) is 3.10. The monoisotopic (exact) mass is 408 g/mol. The Hall–Kier alpha value is -3.99. The molecule has 0 aliphatic rings. The fraction of sp³-hybridized carbons (Fsp3) is 0.227. The average molecular weight is 408 g/mol. The van der Waals surface area contributed by atoms with Gasteiger partial charge in [0.1, 0.15) is 11.6 Å². The lowest BCUT2D eigenvalue weighted by molar-refractivity contribution is -0.117. The minimum absolute atomic E-state index is 0.222. The number of rotatable bonds is 7. The maximum absolute atomic E-state index is 12.7. The van der Waals surface area contributed by atoms with Crippen molar-refractivity contribution >= 4 is 23.2 Å². The molecule has 0 heterocycles. The summed E-state index contributed by atoms with van der Waals surface area (Å²) < 4.78 is 10.5. The lowest BCUT2D eigenvalue weighted by Crippen LogP contribution is -2.30. The predicted octanol–water partition coefficient (Wildman–Crippen LogP) is 2.92. The zero-order valence-electron chi connectivity index (χ0n) is 17.3. The van der Waals surface area contributed by atoms with Crippen LogP contribution in [0.1, 0.15) is 25.5 Å². The Labute approximate surface area is 175 Å². The van der Waals surface area contributed by atoms with Gasteiger partial charge in [-0.05, 0) is 42.8 Å². The Morgan fingerprint density at radius 3 is 2.43 bits per heavy atom. The van der Waals surface area contributed by atoms with Crippen LogP contribution in [0.5, 0.6) is 11.5 Å². The molecule has 0 aromatic heterocycles. The summed E-state index contributed by atoms with van der Waals surface area (Å²) in [5, 5.41) is 12.2. The molecular weight excluding hydrogens is 384 g/mol. The molecule has 2 aromatic carbocycles. The van der Waals surface area contributed by atoms with Crippen molar-refractivity contribution in [2.24, 2.45) is 0 Å². The SMILES string of the molecule is COc1ccc(C(C)NC(=O)/C(C#N)=C\N(C(C)=O)c2cccc(N)c2)cc1OC. The second-order valence-corrected chi connectivity index (χ2v) is 6.45. The van der Waals surface area contributed by atoms with E-state index in [1.807, 2.05) is 6.07 Å². The van der Waals surface area contributed by atoms with Gasteiger partial charge in [-0.15, -0.1) is 0 Å². The van der Waals surface area contributed by atoms with Gasteiger partial charge in [0.15, 0.2) is 11.5 Å². The standard InChI is InChI=1S/C22H24N4O4/c1-14(16-8-9-20(29-3)21(10-16)30-4)25-22(28)17(12-23)13-26(15(2)27)19-7-5-6-18(24)11-19/h5-11,13-14H,24H2,1-4H3,(H,25,28)/b17-13-. The number of anilines is 2. The minimum Gasteiger partial charge on any atom is -0.493 e. The Kier molecular flexibility index (Phi) is 7.42. The van der Waals surface area contributed by atoms with Gasteiger partial charge in [0, 0.05) is 18.8 Å². The van der Waals surface area contributed by atoms with Crippen LogP contribution in [0.15, 0.2) is 54.2 Å². The highest BCUT2D eigenvalue weighted by molar-refractivity contribution is 6.01. The number of nitriles is 1. The number of benzene rings is 2. The van der Waals surface area contributed by atoms with E-state index in [-0.39, 0.29) is 11.5 Å². The quantitative estimate of drug-likeness (QED) is 0.413. The molecule has 2 aromatic rings. The first-order chi connectivity index (χ1) is 14.3. The zero-order valence-corrected chi connectivity index (χ0v) is 17.3. The van der Waals surface area contributed by atoms with Crippen LogP contribution in [-0.2, 0) is 9.59 Å². The van der Waals surface area contributed by atoms with Gasteiger partial charge in [0.2, 0.25) is 5.91 Å². The molecule has 0 aliphatic heterocycles. The first kappa shape index (κ1) is 22.3. The van der Waals surface area contributed by atoms with Crippen LogP contribution in [-0.4, -0.2) is 26.0 Å². The third kappa shape index (κ3) is 5.29. The molecule has 0 spiro atoms. The summed E-state index contributed by atoms with van der Waals surface area (Å²) in [7, 11) is 3.06. The number of nitrogens with one attached hydrogen (secondary N) is 1. The maximum Gasteiger partial charge on any atom is 0.263 e. The molecule has 8 nitrogen and oxygen atoms in total. The van der Waals surface area contributed by atoms with E-state index in [0.29, 0.717) is 22.9 Å². The molecule has 0 bridgehead atoms. The Balaban J connectivity index is 2.26. The van der Waals surface area contributed by atoms with Crippen LogP contribution in [0, 0.1) is 11.3 Å². The van der Waals surface area contributed by atoms with E-state index in [9.17, 15) is 14.9 Å². The minimum atomic E-state index is -0.616. The Morgan fingerprint density at radius 1 is 1.17 bits per heavy atom. The van der Waals surface area contributed by atoms with Crippen molar-refractivity contribution in [2.45, 2.75) is 19.9 Å². The number of methoxy groups -OCH3 is 2. The first-order valence-electron chi connectivity index (χ1n) is 9.10. The largest absolute Gasteiger partial charge is 0.493 e. The van der Waals surface area contributed by atoms with E-state index in [1.165, 1.54) is 32.2 Å². The second-order valence-electron chi connectivity index (χ2n) is 6.45. The van der Waals surface area contributed by atoms with E-state index in [0.717, 1.165) is 5.56 Å². The number of hydrogen-bond acceptors (Lipinski definition) is 6. The van der Waals surface area contributed by atoms with Gasteiger partial charge in [0.25, 0.3) is 5.91 Å². The summed E-state index contributed by atoms with van der Waals surface area (Å²) in [6, 6.07) is 13.3. The number of amides is 2. The molecule has 2 rings (SSSR count). The summed E-state index contributed by atoms with van der Waals surface area (Å²) in [4.78, 5) is 26.0. The van der Waals surface area contributed by atoms with Gasteiger partial charge in [-0.1, -0.05) is 12.1 Å². The molecule has 0 saturated carbocycles. The number of nitrogens with two attached hydrogens (primary N) is 1. The highest BCUT2D eigenvalue weighted by Gasteiger charge is 2.18. The molecule has 156 valence electrons. The molecule has 0 radical (unpaired) electrons. The van der Waals surface area contributed by atoms with Gasteiger partial charge < -0.3 is 20.5 Å². The van der Waals surface area contributed by atoms with Crippen molar-refractivity contribution in [2.75, 3.05) is 24.9 Å². The normalized spacial score (nSPS) is 11.8. The van der Waals surface area contributed by atoms with Crippen molar-refractivity contribution in [3.8, 4) is 17.6 Å². The first-order valence-corrected chi connectivity index (χ1v) is 9.10. The third-order valence-corrected chi connectivity index (χ3v) is 4.37. The molecule has 0 fully saturated rings. The van der Waals surface area contributed by atoms with Crippen molar-refractivity contribution in [1.29, 1.82) is 5.26 Å². The Bertz CT molecular complexity index is 1010. The fourth-order valence-electron chi connectivity index (χ4n) is 2.77. The molecule has 2 amide bonds. The van der Waals surface area contributed by atoms with Gasteiger partial charge in [-0.2, -0.15) is 5.26 Å². The summed E-state index contributed by atoms with van der Waals surface area (Å²) >= 11 is 0. The van der Waals surface area contributed by atoms with Crippen molar-refractivity contribution in [3.05, 3.63) is 59.8 Å². The number of hydrogen-bond donors (Lipinski definition) is 2. The number of carbonyl (C=O) groups is 2. The summed E-state index contributed by atoms with van der Waals surface area (Å²) in [5.41, 5.74) is 7.22.